The Kier molecular flexibility index (Phi) is 7.73. The molecular formula is C28H23F2N3O4. The summed E-state index contributed by atoms with van der Waals surface area (Å²) in [5.41, 5.74) is 7.85. The SMILES string of the molecule is COc1cc(C(N)=O)c(NC(=O)Cc2ccc(-c3cc(F)cc(F)c3)nc2)cc1OCc1ccccc1. The molecule has 9 heteroatoms. The Morgan fingerprint density at radius 1 is 0.919 bits per heavy atom. The van der Waals surface area contributed by atoms with Crippen LogP contribution in [0.3, 0.4) is 0 Å². The van der Waals surface area contributed by atoms with Crippen LogP contribution in [0.1, 0.15) is 21.5 Å². The molecule has 0 aliphatic rings. The lowest BCUT2D eigenvalue weighted by molar-refractivity contribution is -0.115. The summed E-state index contributed by atoms with van der Waals surface area (Å²) in [5, 5.41) is 2.69. The van der Waals surface area contributed by atoms with Gasteiger partial charge in [-0.15, -0.1) is 0 Å². The maximum absolute atomic E-state index is 13.5. The molecule has 7 nitrogen and oxygen atoms in total. The largest absolute Gasteiger partial charge is 0.493 e. The second-order valence-corrected chi connectivity index (χ2v) is 8.12. The number of nitrogens with two attached hydrogens (primary N) is 1. The van der Waals surface area contributed by atoms with Crippen molar-refractivity contribution in [3.63, 3.8) is 0 Å². The van der Waals surface area contributed by atoms with Crippen LogP contribution in [0, 0.1) is 11.6 Å². The number of ether oxygens (including phenoxy) is 2. The molecule has 0 aliphatic carbocycles. The van der Waals surface area contributed by atoms with Gasteiger partial charge >= 0.3 is 0 Å². The Hall–Kier alpha value is -4.79. The predicted molar refractivity (Wildman–Crippen MR) is 134 cm³/mol. The van der Waals surface area contributed by atoms with E-state index in [1.54, 1.807) is 12.1 Å². The second kappa shape index (κ2) is 11.3. The van der Waals surface area contributed by atoms with E-state index in [4.69, 9.17) is 15.2 Å². The summed E-state index contributed by atoms with van der Waals surface area (Å²) < 4.78 is 38.2. The van der Waals surface area contributed by atoms with E-state index in [0.29, 0.717) is 17.0 Å². The predicted octanol–water partition coefficient (Wildman–Crippen LogP) is 4.89. The number of methoxy groups -OCH3 is 1. The zero-order valence-corrected chi connectivity index (χ0v) is 19.8. The van der Waals surface area contributed by atoms with Crippen molar-refractivity contribution in [1.82, 2.24) is 4.98 Å². The Balaban J connectivity index is 1.50. The molecule has 3 aromatic carbocycles. The molecule has 1 heterocycles. The van der Waals surface area contributed by atoms with E-state index in [1.807, 2.05) is 30.3 Å². The third kappa shape index (κ3) is 6.46. The van der Waals surface area contributed by atoms with E-state index >= 15 is 0 Å². The summed E-state index contributed by atoms with van der Waals surface area (Å²) in [6.07, 6.45) is 1.37. The van der Waals surface area contributed by atoms with Crippen LogP contribution in [0.25, 0.3) is 11.3 Å². The fourth-order valence-electron chi connectivity index (χ4n) is 3.66. The number of nitrogens with one attached hydrogen (secondary N) is 1. The van der Waals surface area contributed by atoms with Crippen molar-refractivity contribution in [2.45, 2.75) is 13.0 Å². The Bertz CT molecular complexity index is 1410. The number of pyridine rings is 1. The molecule has 0 radical (unpaired) electrons. The van der Waals surface area contributed by atoms with Gasteiger partial charge in [0.2, 0.25) is 5.91 Å². The van der Waals surface area contributed by atoms with Gasteiger partial charge < -0.3 is 20.5 Å². The van der Waals surface area contributed by atoms with Crippen molar-refractivity contribution in [3.05, 3.63) is 107 Å². The van der Waals surface area contributed by atoms with Crippen molar-refractivity contribution in [2.24, 2.45) is 5.73 Å². The molecule has 0 aliphatic heterocycles. The molecule has 188 valence electrons. The van der Waals surface area contributed by atoms with Gasteiger partial charge in [0.05, 0.1) is 30.5 Å². The number of benzene rings is 3. The van der Waals surface area contributed by atoms with Crippen molar-refractivity contribution < 1.29 is 27.8 Å². The maximum Gasteiger partial charge on any atom is 0.250 e. The molecule has 0 spiro atoms. The quantitative estimate of drug-likeness (QED) is 0.338. The normalized spacial score (nSPS) is 10.6. The number of carbonyl (C=O) groups excluding carboxylic acids is 2. The van der Waals surface area contributed by atoms with Crippen molar-refractivity contribution >= 4 is 17.5 Å². The molecular weight excluding hydrogens is 480 g/mol. The Morgan fingerprint density at radius 3 is 2.27 bits per heavy atom. The van der Waals surface area contributed by atoms with Gasteiger partial charge in [-0.05, 0) is 35.4 Å². The van der Waals surface area contributed by atoms with E-state index in [0.717, 1.165) is 11.6 Å². The average molecular weight is 504 g/mol. The lowest BCUT2D eigenvalue weighted by atomic mass is 10.1. The number of primary amides is 1. The lowest BCUT2D eigenvalue weighted by Crippen LogP contribution is -2.20. The molecule has 1 aromatic heterocycles. The fraction of sp³-hybridized carbons (Fsp3) is 0.107. The molecule has 2 amide bonds. The molecule has 4 rings (SSSR count). The van der Waals surface area contributed by atoms with Crippen LogP contribution in [0.15, 0.2) is 79.0 Å². The zero-order valence-electron chi connectivity index (χ0n) is 19.8. The van der Waals surface area contributed by atoms with Gasteiger partial charge in [0.15, 0.2) is 11.5 Å². The number of amides is 2. The minimum Gasteiger partial charge on any atom is -0.493 e. The summed E-state index contributed by atoms with van der Waals surface area (Å²) in [5.74, 6) is -2.00. The van der Waals surface area contributed by atoms with E-state index in [9.17, 15) is 18.4 Å². The van der Waals surface area contributed by atoms with Gasteiger partial charge in [0.1, 0.15) is 18.2 Å². The topological polar surface area (TPSA) is 104 Å². The van der Waals surface area contributed by atoms with Crippen LogP contribution in [-0.4, -0.2) is 23.9 Å². The van der Waals surface area contributed by atoms with E-state index in [1.165, 1.54) is 37.6 Å². The maximum atomic E-state index is 13.5. The number of rotatable bonds is 9. The molecule has 0 saturated carbocycles. The van der Waals surface area contributed by atoms with Crippen molar-refractivity contribution in [2.75, 3.05) is 12.4 Å². The number of anilines is 1. The molecule has 0 bridgehead atoms. The lowest BCUT2D eigenvalue weighted by Gasteiger charge is -2.16. The average Bonchev–Trinajstić information content (AvgIpc) is 2.87. The van der Waals surface area contributed by atoms with Crippen LogP contribution < -0.4 is 20.5 Å². The summed E-state index contributed by atoms with van der Waals surface area (Å²) in [6.45, 7) is 0.244. The molecule has 3 N–H and O–H groups in total. The number of hydrogen-bond acceptors (Lipinski definition) is 5. The first kappa shape index (κ1) is 25.3. The van der Waals surface area contributed by atoms with Crippen molar-refractivity contribution in [3.8, 4) is 22.8 Å². The van der Waals surface area contributed by atoms with Crippen LogP contribution in [-0.2, 0) is 17.8 Å². The Labute approximate surface area is 211 Å². The molecule has 37 heavy (non-hydrogen) atoms. The van der Waals surface area contributed by atoms with Crippen LogP contribution >= 0.6 is 0 Å². The highest BCUT2D eigenvalue weighted by Crippen LogP contribution is 2.34. The smallest absolute Gasteiger partial charge is 0.250 e. The first-order valence-electron chi connectivity index (χ1n) is 11.2. The molecule has 0 atom stereocenters. The zero-order chi connectivity index (χ0) is 26.4. The van der Waals surface area contributed by atoms with E-state index in [2.05, 4.69) is 10.3 Å². The van der Waals surface area contributed by atoms with Crippen LogP contribution in [0.5, 0.6) is 11.5 Å². The van der Waals surface area contributed by atoms with Gasteiger partial charge in [-0.1, -0.05) is 36.4 Å². The third-order valence-electron chi connectivity index (χ3n) is 5.43. The minimum atomic E-state index is -0.753. The van der Waals surface area contributed by atoms with Gasteiger partial charge in [-0.3, -0.25) is 14.6 Å². The van der Waals surface area contributed by atoms with Gasteiger partial charge in [-0.25, -0.2) is 8.78 Å². The van der Waals surface area contributed by atoms with E-state index < -0.39 is 23.4 Å². The highest BCUT2D eigenvalue weighted by Gasteiger charge is 2.18. The van der Waals surface area contributed by atoms with Crippen LogP contribution in [0.4, 0.5) is 14.5 Å². The monoisotopic (exact) mass is 503 g/mol. The standard InChI is InChI=1S/C28H23F2N3O4/c1-36-25-13-22(28(31)35)24(14-26(25)37-16-17-5-3-2-4-6-17)33-27(34)9-18-7-8-23(32-15-18)19-10-20(29)12-21(30)11-19/h2-8,10-15H,9,16H2,1H3,(H2,31,35)(H,33,34). The van der Waals surface area contributed by atoms with Crippen LogP contribution in [0.2, 0.25) is 0 Å². The van der Waals surface area contributed by atoms with Gasteiger partial charge in [0.25, 0.3) is 5.91 Å². The Morgan fingerprint density at radius 2 is 1.65 bits per heavy atom. The minimum absolute atomic E-state index is 0.0545. The summed E-state index contributed by atoms with van der Waals surface area (Å²) in [7, 11) is 1.43. The number of aromatic nitrogens is 1. The molecule has 0 unspecified atom stereocenters. The fourth-order valence-corrected chi connectivity index (χ4v) is 3.66. The highest BCUT2D eigenvalue weighted by atomic mass is 19.1. The first-order valence-corrected chi connectivity index (χ1v) is 11.2. The summed E-state index contributed by atoms with van der Waals surface area (Å²) in [6, 6.07) is 18.7. The van der Waals surface area contributed by atoms with E-state index in [-0.39, 0.29) is 35.6 Å². The van der Waals surface area contributed by atoms with Crippen molar-refractivity contribution in [1.29, 1.82) is 0 Å². The number of halogens is 2. The second-order valence-electron chi connectivity index (χ2n) is 8.12. The number of hydrogen-bond donors (Lipinski definition) is 2. The molecule has 0 saturated heterocycles. The highest BCUT2D eigenvalue weighted by molar-refractivity contribution is 6.04. The molecule has 4 aromatic rings. The first-order chi connectivity index (χ1) is 17.8. The number of nitrogens with zero attached hydrogens (tertiary/aromatic N) is 1. The summed E-state index contributed by atoms with van der Waals surface area (Å²) >= 11 is 0. The summed E-state index contributed by atoms with van der Waals surface area (Å²) in [4.78, 5) is 29.0. The number of carbonyl (C=O) groups is 2. The van der Waals surface area contributed by atoms with Gasteiger partial charge in [0, 0.05) is 23.9 Å². The third-order valence-corrected chi connectivity index (χ3v) is 5.43. The molecule has 0 fully saturated rings. The van der Waals surface area contributed by atoms with Gasteiger partial charge in [-0.2, -0.15) is 0 Å².